The lowest BCUT2D eigenvalue weighted by molar-refractivity contribution is -0.167. The molecule has 2 fully saturated rings. The number of allylic oxidation sites excluding steroid dienone is 2. The lowest BCUT2D eigenvalue weighted by atomic mass is 9.80. The van der Waals surface area contributed by atoms with Crippen molar-refractivity contribution < 1.29 is 19.4 Å². The number of aliphatic hydroxyl groups excluding tert-OH is 1. The van der Waals surface area contributed by atoms with Gasteiger partial charge >= 0.3 is 0 Å². The molecule has 4 heteroatoms. The van der Waals surface area contributed by atoms with Crippen molar-refractivity contribution in [3.05, 3.63) is 11.6 Å². The second kappa shape index (κ2) is 6.22. The second-order valence-corrected chi connectivity index (χ2v) is 8.75. The molecule has 0 spiro atoms. The predicted molar refractivity (Wildman–Crippen MR) is 92.8 cm³/mol. The van der Waals surface area contributed by atoms with Crippen molar-refractivity contribution >= 4 is 6.29 Å². The quantitative estimate of drug-likeness (QED) is 0.619. The van der Waals surface area contributed by atoms with Gasteiger partial charge in [0.05, 0.1) is 29.0 Å². The second-order valence-electron chi connectivity index (χ2n) is 8.75. The lowest BCUT2D eigenvalue weighted by Gasteiger charge is -2.38. The number of ether oxygens (including phenoxy) is 2. The minimum absolute atomic E-state index is 0.0958. The van der Waals surface area contributed by atoms with E-state index < -0.39 is 11.7 Å². The first-order valence-corrected chi connectivity index (χ1v) is 9.43. The molecule has 0 amide bonds. The van der Waals surface area contributed by atoms with Crippen LogP contribution in [0.4, 0.5) is 0 Å². The van der Waals surface area contributed by atoms with Crippen molar-refractivity contribution in [1.82, 2.24) is 0 Å². The van der Waals surface area contributed by atoms with Crippen molar-refractivity contribution in [3.63, 3.8) is 0 Å². The van der Waals surface area contributed by atoms with E-state index in [1.165, 1.54) is 0 Å². The first-order chi connectivity index (χ1) is 11.2. The summed E-state index contributed by atoms with van der Waals surface area (Å²) in [6.45, 7) is 8.62. The number of hydrogen-bond donors (Lipinski definition) is 1. The highest BCUT2D eigenvalue weighted by Crippen LogP contribution is 2.53. The molecule has 3 aliphatic rings. The van der Waals surface area contributed by atoms with Crippen LogP contribution in [-0.2, 0) is 14.3 Å². The van der Waals surface area contributed by atoms with Gasteiger partial charge in [0, 0.05) is 6.42 Å². The maximum absolute atomic E-state index is 11.3. The molecule has 0 aliphatic carbocycles. The number of aldehydes is 1. The smallest absolute Gasteiger partial charge is 0.145 e. The minimum Gasteiger partial charge on any atom is -0.390 e. The summed E-state index contributed by atoms with van der Waals surface area (Å²) >= 11 is 0. The highest BCUT2D eigenvalue weighted by molar-refractivity contribution is 5.72. The summed E-state index contributed by atoms with van der Waals surface area (Å²) in [5.41, 5.74) is -0.0580. The van der Waals surface area contributed by atoms with Gasteiger partial charge in [-0.05, 0) is 63.9 Å². The van der Waals surface area contributed by atoms with E-state index in [1.54, 1.807) is 0 Å². The van der Waals surface area contributed by atoms with E-state index in [0.29, 0.717) is 18.8 Å². The van der Waals surface area contributed by atoms with E-state index >= 15 is 0 Å². The Morgan fingerprint density at radius 1 is 1.25 bits per heavy atom. The van der Waals surface area contributed by atoms with Gasteiger partial charge in [-0.15, -0.1) is 0 Å². The maximum atomic E-state index is 11.3. The summed E-state index contributed by atoms with van der Waals surface area (Å²) in [5.74, 6) is 0.383. The minimum atomic E-state index is -0.547. The number of fused-ring (bicyclic) bond motifs is 3. The van der Waals surface area contributed by atoms with E-state index in [0.717, 1.165) is 44.0 Å². The zero-order valence-corrected chi connectivity index (χ0v) is 15.5. The van der Waals surface area contributed by atoms with Gasteiger partial charge in [-0.3, -0.25) is 4.79 Å². The van der Waals surface area contributed by atoms with Crippen LogP contribution >= 0.6 is 0 Å². The molecule has 0 unspecified atom stereocenters. The molecule has 2 saturated heterocycles. The summed E-state index contributed by atoms with van der Waals surface area (Å²) in [6, 6.07) is 0. The summed E-state index contributed by atoms with van der Waals surface area (Å²) in [7, 11) is 0. The zero-order chi connectivity index (χ0) is 17.6. The van der Waals surface area contributed by atoms with Gasteiger partial charge in [-0.25, -0.2) is 0 Å². The molecule has 24 heavy (non-hydrogen) atoms. The number of aliphatic hydroxyl groups is 1. The summed E-state index contributed by atoms with van der Waals surface area (Å²) < 4.78 is 12.6. The fourth-order valence-corrected chi connectivity index (χ4v) is 4.49. The normalized spacial score (nSPS) is 46.3. The lowest BCUT2D eigenvalue weighted by Crippen LogP contribution is -2.45. The summed E-state index contributed by atoms with van der Waals surface area (Å²) in [4.78, 5) is 11.3. The van der Waals surface area contributed by atoms with E-state index in [1.807, 2.05) is 13.0 Å². The third-order valence-corrected chi connectivity index (χ3v) is 6.71. The summed E-state index contributed by atoms with van der Waals surface area (Å²) in [5, 5.41) is 10.7. The zero-order valence-electron chi connectivity index (χ0n) is 15.5. The number of rotatable bonds is 2. The van der Waals surface area contributed by atoms with Gasteiger partial charge in [0.15, 0.2) is 0 Å². The maximum Gasteiger partial charge on any atom is 0.145 e. The van der Waals surface area contributed by atoms with Crippen molar-refractivity contribution in [1.29, 1.82) is 0 Å². The molecular formula is C20H32O4. The van der Waals surface area contributed by atoms with Crippen LogP contribution < -0.4 is 0 Å². The highest BCUT2D eigenvalue weighted by Gasteiger charge is 2.59. The molecule has 5 atom stereocenters. The van der Waals surface area contributed by atoms with E-state index in [9.17, 15) is 9.90 Å². The molecule has 0 aromatic carbocycles. The number of carbonyl (C=O) groups excluding carboxylic acids is 1. The van der Waals surface area contributed by atoms with E-state index in [-0.39, 0.29) is 17.3 Å². The summed E-state index contributed by atoms with van der Waals surface area (Å²) in [6.07, 6.45) is 8.30. The van der Waals surface area contributed by atoms with Crippen LogP contribution in [0, 0.1) is 5.92 Å². The molecule has 3 aliphatic heterocycles. The Bertz CT molecular complexity index is 528. The average Bonchev–Trinajstić information content (AvgIpc) is 2.99. The highest BCUT2D eigenvalue weighted by atomic mass is 16.6. The Morgan fingerprint density at radius 2 is 2.00 bits per heavy atom. The fourth-order valence-electron chi connectivity index (χ4n) is 4.49. The Labute approximate surface area is 145 Å². The molecular weight excluding hydrogens is 304 g/mol. The van der Waals surface area contributed by atoms with Gasteiger partial charge < -0.3 is 14.6 Å². The van der Waals surface area contributed by atoms with Gasteiger partial charge in [-0.1, -0.05) is 19.9 Å². The predicted octanol–water partition coefficient (Wildman–Crippen LogP) is 3.56. The molecule has 0 radical (unpaired) electrons. The van der Waals surface area contributed by atoms with Gasteiger partial charge in [0.25, 0.3) is 0 Å². The molecule has 4 nitrogen and oxygen atoms in total. The third kappa shape index (κ3) is 3.21. The number of epoxide rings is 1. The monoisotopic (exact) mass is 336 g/mol. The third-order valence-electron chi connectivity index (χ3n) is 6.71. The van der Waals surface area contributed by atoms with E-state index in [2.05, 4.69) is 20.8 Å². The van der Waals surface area contributed by atoms with Crippen LogP contribution in [0.5, 0.6) is 0 Å². The molecule has 3 heterocycles. The fraction of sp³-hybridized carbons (Fsp3) is 0.850. The molecule has 0 aromatic rings. The van der Waals surface area contributed by atoms with Crippen molar-refractivity contribution in [3.8, 4) is 0 Å². The van der Waals surface area contributed by atoms with Gasteiger partial charge in [0.2, 0.25) is 0 Å². The standard InChI is InChI=1S/C20H32O4/c1-14(2)20-11-10-18(3,24-20)16(22)8-7-15(13-21)6-5-9-19(4)17(12-20)23-19/h6,13-14,16-17,22H,5,7-12H2,1-4H3/t16-,17-,18-,19-,20+/m1/s1. The molecule has 0 saturated carbocycles. The Hall–Kier alpha value is -0.710. The Morgan fingerprint density at radius 3 is 2.67 bits per heavy atom. The van der Waals surface area contributed by atoms with Crippen molar-refractivity contribution in [2.24, 2.45) is 5.92 Å². The van der Waals surface area contributed by atoms with Gasteiger partial charge in [-0.2, -0.15) is 0 Å². The topological polar surface area (TPSA) is 59.1 Å². The largest absolute Gasteiger partial charge is 0.390 e. The molecule has 2 bridgehead atoms. The average molecular weight is 336 g/mol. The SMILES string of the molecule is CC(C)[C@@]12CC[C@@](C)(O1)[C@H](O)CCC(C=O)=CCC[C@@]1(C)O[C@@H]1C2. The Kier molecular flexibility index (Phi) is 4.69. The molecule has 3 rings (SSSR count). The van der Waals surface area contributed by atoms with Crippen LogP contribution in [0.25, 0.3) is 0 Å². The van der Waals surface area contributed by atoms with Crippen LogP contribution in [0.15, 0.2) is 11.6 Å². The Balaban J connectivity index is 1.86. The molecule has 0 aromatic heterocycles. The van der Waals surface area contributed by atoms with E-state index in [4.69, 9.17) is 9.47 Å². The van der Waals surface area contributed by atoms with Crippen LogP contribution in [0.2, 0.25) is 0 Å². The number of hydrogen-bond acceptors (Lipinski definition) is 4. The van der Waals surface area contributed by atoms with Gasteiger partial charge in [0.1, 0.15) is 6.29 Å². The van der Waals surface area contributed by atoms with Crippen molar-refractivity contribution in [2.75, 3.05) is 0 Å². The van der Waals surface area contributed by atoms with Crippen LogP contribution in [0.3, 0.4) is 0 Å². The molecule has 136 valence electrons. The van der Waals surface area contributed by atoms with Crippen LogP contribution in [-0.4, -0.2) is 40.4 Å². The first kappa shape index (κ1) is 18.1. The molecule has 1 N–H and O–H groups in total. The number of carbonyl (C=O) groups is 1. The first-order valence-electron chi connectivity index (χ1n) is 9.43. The van der Waals surface area contributed by atoms with Crippen molar-refractivity contribution in [2.45, 2.75) is 102 Å². The van der Waals surface area contributed by atoms with Crippen LogP contribution in [0.1, 0.15) is 72.6 Å².